The van der Waals surface area contributed by atoms with Gasteiger partial charge in [0.15, 0.2) is 0 Å². The number of pyridine rings is 1. The van der Waals surface area contributed by atoms with E-state index in [4.69, 9.17) is 0 Å². The number of aliphatic hydroxyl groups excluding tert-OH is 1. The summed E-state index contributed by atoms with van der Waals surface area (Å²) in [4.78, 5) is 18.4. The molecule has 1 amide bonds. The largest absolute Gasteiger partial charge is 0.387 e. The van der Waals surface area contributed by atoms with Gasteiger partial charge in [0.05, 0.1) is 11.8 Å². The highest BCUT2D eigenvalue weighted by Crippen LogP contribution is 2.13. The van der Waals surface area contributed by atoms with Gasteiger partial charge in [0.25, 0.3) is 5.91 Å². The lowest BCUT2D eigenvalue weighted by atomic mass is 10.1. The van der Waals surface area contributed by atoms with Gasteiger partial charge >= 0.3 is 0 Å². The number of aliphatic hydroxyl groups is 1. The van der Waals surface area contributed by atoms with Crippen LogP contribution >= 0.6 is 0 Å². The molecule has 0 bridgehead atoms. The number of aryl methyl sites for hydroxylation is 1. The second-order valence-electron chi connectivity index (χ2n) is 5.85. The topological polar surface area (TPSA) is 83.3 Å². The van der Waals surface area contributed by atoms with E-state index in [2.05, 4.69) is 27.3 Å². The summed E-state index contributed by atoms with van der Waals surface area (Å²) in [6.45, 7) is 2.78. The second-order valence-corrected chi connectivity index (χ2v) is 5.85. The standard InChI is InChI=1S/C16H21N5O2/c1-20-6-3-7-21-13(11-20)8-14(19-21)16(23)18-10-15(22)12-4-2-5-17-9-12/h2,4-5,8-9,15,22H,3,6-7,10-11H2,1H3,(H,18,23)/t15-/m0/s1. The van der Waals surface area contributed by atoms with E-state index in [1.807, 2.05) is 10.7 Å². The van der Waals surface area contributed by atoms with Crippen molar-refractivity contribution in [1.29, 1.82) is 0 Å². The molecule has 3 rings (SSSR count). The zero-order valence-electron chi connectivity index (χ0n) is 13.1. The summed E-state index contributed by atoms with van der Waals surface area (Å²) in [5.74, 6) is -0.267. The van der Waals surface area contributed by atoms with Crippen LogP contribution in [0.5, 0.6) is 0 Å². The van der Waals surface area contributed by atoms with Crippen LogP contribution in [0.25, 0.3) is 0 Å². The van der Waals surface area contributed by atoms with Crippen LogP contribution in [-0.2, 0) is 13.1 Å². The quantitative estimate of drug-likeness (QED) is 0.862. The van der Waals surface area contributed by atoms with Crippen molar-refractivity contribution in [2.24, 2.45) is 0 Å². The van der Waals surface area contributed by atoms with Crippen LogP contribution in [0.2, 0.25) is 0 Å². The Morgan fingerprint density at radius 3 is 3.13 bits per heavy atom. The van der Waals surface area contributed by atoms with E-state index < -0.39 is 6.10 Å². The Hall–Kier alpha value is -2.25. The molecule has 0 unspecified atom stereocenters. The minimum Gasteiger partial charge on any atom is -0.387 e. The Kier molecular flexibility index (Phi) is 4.68. The first-order valence-electron chi connectivity index (χ1n) is 7.75. The smallest absolute Gasteiger partial charge is 0.271 e. The molecule has 2 N–H and O–H groups in total. The van der Waals surface area contributed by atoms with Crippen molar-refractivity contribution in [1.82, 2.24) is 25.0 Å². The highest BCUT2D eigenvalue weighted by Gasteiger charge is 2.18. The number of hydrogen-bond acceptors (Lipinski definition) is 5. The fourth-order valence-electron chi connectivity index (χ4n) is 2.70. The van der Waals surface area contributed by atoms with E-state index in [1.165, 1.54) is 0 Å². The number of aromatic nitrogens is 3. The van der Waals surface area contributed by atoms with E-state index in [9.17, 15) is 9.90 Å². The maximum Gasteiger partial charge on any atom is 0.271 e. The average Bonchev–Trinajstić information content (AvgIpc) is 2.87. The van der Waals surface area contributed by atoms with Gasteiger partial charge in [-0.2, -0.15) is 5.10 Å². The molecular formula is C16H21N5O2. The molecule has 1 aliphatic heterocycles. The van der Waals surface area contributed by atoms with Gasteiger partial charge in [-0.1, -0.05) is 6.07 Å². The fourth-order valence-corrected chi connectivity index (χ4v) is 2.70. The molecule has 7 heteroatoms. The number of rotatable bonds is 4. The van der Waals surface area contributed by atoms with Gasteiger partial charge in [0.1, 0.15) is 5.69 Å². The van der Waals surface area contributed by atoms with Crippen molar-refractivity contribution in [2.45, 2.75) is 25.6 Å². The van der Waals surface area contributed by atoms with Gasteiger partial charge in [-0.05, 0) is 25.6 Å². The number of fused-ring (bicyclic) bond motifs is 1. The lowest BCUT2D eigenvalue weighted by Gasteiger charge is -2.11. The van der Waals surface area contributed by atoms with Gasteiger partial charge in [-0.15, -0.1) is 0 Å². The highest BCUT2D eigenvalue weighted by atomic mass is 16.3. The summed E-state index contributed by atoms with van der Waals surface area (Å²) in [7, 11) is 2.06. The molecule has 0 radical (unpaired) electrons. The summed E-state index contributed by atoms with van der Waals surface area (Å²) >= 11 is 0. The van der Waals surface area contributed by atoms with Crippen molar-refractivity contribution in [3.63, 3.8) is 0 Å². The Balaban J connectivity index is 1.62. The summed E-state index contributed by atoms with van der Waals surface area (Å²) in [6.07, 6.45) is 3.47. The third-order valence-electron chi connectivity index (χ3n) is 3.96. The molecule has 1 atom stereocenters. The van der Waals surface area contributed by atoms with Gasteiger partial charge in [0, 0.05) is 44.1 Å². The Bertz CT molecular complexity index is 670. The molecule has 23 heavy (non-hydrogen) atoms. The van der Waals surface area contributed by atoms with Gasteiger partial charge in [-0.3, -0.25) is 14.5 Å². The summed E-state index contributed by atoms with van der Waals surface area (Å²) in [6, 6.07) is 5.36. The molecule has 2 aromatic rings. The lowest BCUT2D eigenvalue weighted by molar-refractivity contribution is 0.0910. The fraction of sp³-hybridized carbons (Fsp3) is 0.438. The predicted octanol–water partition coefficient (Wildman–Crippen LogP) is 0.577. The number of nitrogens with zero attached hydrogens (tertiary/aromatic N) is 4. The van der Waals surface area contributed by atoms with Crippen LogP contribution in [-0.4, -0.2) is 50.8 Å². The minimum absolute atomic E-state index is 0.132. The second kappa shape index (κ2) is 6.89. The van der Waals surface area contributed by atoms with Crippen LogP contribution in [0, 0.1) is 0 Å². The lowest BCUT2D eigenvalue weighted by Crippen LogP contribution is -2.29. The number of carbonyl (C=O) groups is 1. The van der Waals surface area contributed by atoms with Crippen molar-refractivity contribution in [3.8, 4) is 0 Å². The van der Waals surface area contributed by atoms with E-state index in [0.29, 0.717) is 11.3 Å². The molecule has 122 valence electrons. The normalized spacial score (nSPS) is 16.4. The number of carbonyl (C=O) groups excluding carboxylic acids is 1. The van der Waals surface area contributed by atoms with E-state index >= 15 is 0 Å². The van der Waals surface area contributed by atoms with Gasteiger partial charge in [0.2, 0.25) is 0 Å². The maximum atomic E-state index is 12.2. The molecule has 0 fully saturated rings. The van der Waals surface area contributed by atoms with E-state index in [0.717, 1.165) is 31.7 Å². The first-order valence-corrected chi connectivity index (χ1v) is 7.75. The molecule has 0 saturated carbocycles. The van der Waals surface area contributed by atoms with Crippen LogP contribution in [0.4, 0.5) is 0 Å². The first kappa shape index (κ1) is 15.6. The van der Waals surface area contributed by atoms with Crippen LogP contribution in [0.3, 0.4) is 0 Å². The molecule has 1 aliphatic rings. The van der Waals surface area contributed by atoms with Crippen LogP contribution in [0.15, 0.2) is 30.6 Å². The molecule has 0 aliphatic carbocycles. The molecular weight excluding hydrogens is 294 g/mol. The van der Waals surface area contributed by atoms with Crippen molar-refractivity contribution in [3.05, 3.63) is 47.5 Å². The van der Waals surface area contributed by atoms with Crippen molar-refractivity contribution < 1.29 is 9.90 Å². The molecule has 3 heterocycles. The number of amides is 1. The Labute approximate surface area is 134 Å². The van der Waals surface area contributed by atoms with Crippen molar-refractivity contribution in [2.75, 3.05) is 20.1 Å². The number of nitrogens with one attached hydrogen (secondary N) is 1. The maximum absolute atomic E-state index is 12.2. The highest BCUT2D eigenvalue weighted by molar-refractivity contribution is 5.92. The zero-order valence-corrected chi connectivity index (χ0v) is 13.1. The summed E-state index contributed by atoms with van der Waals surface area (Å²) in [5, 5.41) is 17.2. The Morgan fingerprint density at radius 2 is 2.35 bits per heavy atom. The van der Waals surface area contributed by atoms with E-state index in [1.54, 1.807) is 24.5 Å². The summed E-state index contributed by atoms with van der Waals surface area (Å²) in [5.41, 5.74) is 2.12. The molecule has 0 aromatic carbocycles. The molecule has 0 saturated heterocycles. The summed E-state index contributed by atoms with van der Waals surface area (Å²) < 4.78 is 1.90. The molecule has 7 nitrogen and oxygen atoms in total. The third kappa shape index (κ3) is 3.75. The van der Waals surface area contributed by atoms with Gasteiger partial charge in [-0.25, -0.2) is 0 Å². The van der Waals surface area contributed by atoms with Gasteiger partial charge < -0.3 is 15.3 Å². The molecule has 0 spiro atoms. The number of hydrogen-bond donors (Lipinski definition) is 2. The third-order valence-corrected chi connectivity index (χ3v) is 3.96. The van der Waals surface area contributed by atoms with Crippen LogP contribution < -0.4 is 5.32 Å². The zero-order chi connectivity index (χ0) is 16.2. The Morgan fingerprint density at radius 1 is 1.48 bits per heavy atom. The first-order chi connectivity index (χ1) is 11.1. The minimum atomic E-state index is -0.778. The average molecular weight is 315 g/mol. The van der Waals surface area contributed by atoms with Crippen LogP contribution in [0.1, 0.15) is 34.3 Å². The predicted molar refractivity (Wildman–Crippen MR) is 84.7 cm³/mol. The van der Waals surface area contributed by atoms with E-state index in [-0.39, 0.29) is 12.5 Å². The monoisotopic (exact) mass is 315 g/mol. The van der Waals surface area contributed by atoms with Crippen molar-refractivity contribution >= 4 is 5.91 Å². The SMILES string of the molecule is CN1CCCn2nc(C(=O)NC[C@H](O)c3cccnc3)cc2C1. The molecule has 2 aromatic heterocycles.